The van der Waals surface area contributed by atoms with E-state index in [9.17, 15) is 9.59 Å². The van der Waals surface area contributed by atoms with Crippen LogP contribution in [0.15, 0.2) is 42.5 Å². The summed E-state index contributed by atoms with van der Waals surface area (Å²) in [4.78, 5) is 29.0. The highest BCUT2D eigenvalue weighted by Gasteiger charge is 2.14. The Morgan fingerprint density at radius 3 is 2.71 bits per heavy atom. The molecule has 0 atom stereocenters. The van der Waals surface area contributed by atoms with Gasteiger partial charge in [-0.3, -0.25) is 10.1 Å². The van der Waals surface area contributed by atoms with Gasteiger partial charge in [-0.25, -0.2) is 9.78 Å². The molecule has 1 aromatic heterocycles. The lowest BCUT2D eigenvalue weighted by Gasteiger charge is -2.07. The van der Waals surface area contributed by atoms with Gasteiger partial charge in [-0.1, -0.05) is 24.3 Å². The van der Waals surface area contributed by atoms with Gasteiger partial charge < -0.3 is 9.47 Å². The molecular weight excluding hydrogens is 376 g/mol. The van der Waals surface area contributed by atoms with E-state index in [2.05, 4.69) is 10.3 Å². The Morgan fingerprint density at radius 2 is 1.96 bits per heavy atom. The van der Waals surface area contributed by atoms with Crippen molar-refractivity contribution in [1.82, 2.24) is 4.98 Å². The molecule has 0 radical (unpaired) electrons. The topological polar surface area (TPSA) is 77.5 Å². The first-order chi connectivity index (χ1) is 13.5. The van der Waals surface area contributed by atoms with E-state index in [-0.39, 0.29) is 18.0 Å². The number of benzene rings is 2. The molecule has 6 nitrogen and oxygen atoms in total. The molecular formula is C21H22N2O4S. The quantitative estimate of drug-likeness (QED) is 0.573. The van der Waals surface area contributed by atoms with Crippen LogP contribution < -0.4 is 10.1 Å². The van der Waals surface area contributed by atoms with Crippen LogP contribution in [0.1, 0.15) is 47.9 Å². The molecule has 7 heteroatoms. The minimum atomic E-state index is -0.375. The van der Waals surface area contributed by atoms with Crippen LogP contribution in [0.5, 0.6) is 5.75 Å². The van der Waals surface area contributed by atoms with E-state index in [0.717, 1.165) is 11.1 Å². The van der Waals surface area contributed by atoms with Gasteiger partial charge in [0.2, 0.25) is 0 Å². The third-order valence-corrected chi connectivity index (χ3v) is 4.69. The summed E-state index contributed by atoms with van der Waals surface area (Å²) >= 11 is 1.31. The number of esters is 1. The summed E-state index contributed by atoms with van der Waals surface area (Å²) < 4.78 is 11.6. The molecule has 0 aliphatic rings. The van der Waals surface area contributed by atoms with Crippen molar-refractivity contribution in [2.75, 3.05) is 11.9 Å². The zero-order valence-corrected chi connectivity index (χ0v) is 16.8. The van der Waals surface area contributed by atoms with Crippen LogP contribution in [0.3, 0.4) is 0 Å². The molecule has 0 aliphatic heterocycles. The van der Waals surface area contributed by atoms with Gasteiger partial charge in [0.1, 0.15) is 5.75 Å². The van der Waals surface area contributed by atoms with Crippen molar-refractivity contribution in [1.29, 1.82) is 0 Å². The van der Waals surface area contributed by atoms with Gasteiger partial charge in [0, 0.05) is 5.56 Å². The summed E-state index contributed by atoms with van der Waals surface area (Å²) in [7, 11) is 0. The molecule has 0 saturated heterocycles. The zero-order valence-electron chi connectivity index (χ0n) is 16.0. The van der Waals surface area contributed by atoms with Crippen LogP contribution in [-0.4, -0.2) is 29.6 Å². The Labute approximate surface area is 167 Å². The zero-order chi connectivity index (χ0) is 20.1. The number of anilines is 1. The van der Waals surface area contributed by atoms with Crippen molar-refractivity contribution >= 4 is 38.6 Å². The normalized spacial score (nSPS) is 10.9. The van der Waals surface area contributed by atoms with Crippen molar-refractivity contribution < 1.29 is 19.1 Å². The minimum Gasteiger partial charge on any atom is -0.494 e. The molecule has 3 aromatic rings. The SMILES string of the molecule is CCCOc1cccc(C(=O)Nc2nc3ccc(C(=O)OC(C)C)cc3s2)c1. The highest BCUT2D eigenvalue weighted by Crippen LogP contribution is 2.28. The molecule has 0 spiro atoms. The van der Waals surface area contributed by atoms with E-state index in [4.69, 9.17) is 9.47 Å². The van der Waals surface area contributed by atoms with Crippen molar-refractivity contribution in [2.24, 2.45) is 0 Å². The maximum atomic E-state index is 12.5. The summed E-state index contributed by atoms with van der Waals surface area (Å²) in [5, 5.41) is 3.28. The molecule has 1 amide bonds. The second-order valence-electron chi connectivity index (χ2n) is 6.49. The fourth-order valence-electron chi connectivity index (χ4n) is 2.50. The first-order valence-corrected chi connectivity index (χ1v) is 9.93. The summed E-state index contributed by atoms with van der Waals surface area (Å²) in [6, 6.07) is 12.2. The van der Waals surface area contributed by atoms with Gasteiger partial charge in [-0.15, -0.1) is 0 Å². The highest BCUT2D eigenvalue weighted by atomic mass is 32.1. The van der Waals surface area contributed by atoms with E-state index in [1.807, 2.05) is 13.0 Å². The number of hydrogen-bond donors (Lipinski definition) is 1. The first kappa shape index (κ1) is 19.8. The molecule has 28 heavy (non-hydrogen) atoms. The number of aromatic nitrogens is 1. The Bertz CT molecular complexity index is 997. The number of amides is 1. The molecule has 0 bridgehead atoms. The smallest absolute Gasteiger partial charge is 0.338 e. The van der Waals surface area contributed by atoms with Gasteiger partial charge >= 0.3 is 5.97 Å². The van der Waals surface area contributed by atoms with Gasteiger partial charge in [-0.05, 0) is 56.7 Å². The number of carbonyl (C=O) groups is 2. The number of carbonyl (C=O) groups excluding carboxylic acids is 2. The van der Waals surface area contributed by atoms with Gasteiger partial charge in [0.05, 0.1) is 28.5 Å². The third kappa shape index (κ3) is 4.86. The van der Waals surface area contributed by atoms with Crippen molar-refractivity contribution in [3.63, 3.8) is 0 Å². The first-order valence-electron chi connectivity index (χ1n) is 9.12. The molecule has 1 N–H and O–H groups in total. The van der Waals surface area contributed by atoms with Crippen LogP contribution in [0, 0.1) is 0 Å². The van der Waals surface area contributed by atoms with Crippen LogP contribution in [-0.2, 0) is 4.74 Å². The van der Waals surface area contributed by atoms with Crippen LogP contribution in [0.4, 0.5) is 5.13 Å². The standard InChI is InChI=1S/C21H22N2O4S/c1-4-10-26-16-7-5-6-14(11-16)19(24)23-21-22-17-9-8-15(12-18(17)28-21)20(25)27-13(2)3/h5-9,11-13H,4,10H2,1-3H3,(H,22,23,24). The number of ether oxygens (including phenoxy) is 2. The number of rotatable bonds is 7. The van der Waals surface area contributed by atoms with Crippen molar-refractivity contribution in [3.8, 4) is 5.75 Å². The van der Waals surface area contributed by atoms with E-state index in [0.29, 0.717) is 34.1 Å². The van der Waals surface area contributed by atoms with E-state index >= 15 is 0 Å². The fourth-order valence-corrected chi connectivity index (χ4v) is 3.40. The number of thiazole rings is 1. The van der Waals surface area contributed by atoms with Crippen molar-refractivity contribution in [3.05, 3.63) is 53.6 Å². The number of fused-ring (bicyclic) bond motifs is 1. The Balaban J connectivity index is 1.75. The Hall–Kier alpha value is -2.93. The molecule has 2 aromatic carbocycles. The lowest BCUT2D eigenvalue weighted by atomic mass is 10.2. The van der Waals surface area contributed by atoms with Crippen molar-refractivity contribution in [2.45, 2.75) is 33.3 Å². The second-order valence-corrected chi connectivity index (χ2v) is 7.52. The molecule has 0 fully saturated rings. The fraction of sp³-hybridized carbons (Fsp3) is 0.286. The Morgan fingerprint density at radius 1 is 1.14 bits per heavy atom. The predicted octanol–water partition coefficient (Wildman–Crippen LogP) is 4.90. The lowest BCUT2D eigenvalue weighted by molar-refractivity contribution is 0.0378. The molecule has 3 rings (SSSR count). The molecule has 1 heterocycles. The summed E-state index contributed by atoms with van der Waals surface area (Å²) in [6.45, 7) is 6.24. The monoisotopic (exact) mass is 398 g/mol. The third-order valence-electron chi connectivity index (χ3n) is 3.76. The predicted molar refractivity (Wildman–Crippen MR) is 110 cm³/mol. The Kier molecular flexibility index (Phi) is 6.26. The van der Waals surface area contributed by atoms with Crippen LogP contribution in [0.25, 0.3) is 10.2 Å². The minimum absolute atomic E-state index is 0.184. The number of hydrogen-bond acceptors (Lipinski definition) is 6. The highest BCUT2D eigenvalue weighted by molar-refractivity contribution is 7.22. The average Bonchev–Trinajstić information content (AvgIpc) is 3.07. The summed E-state index contributed by atoms with van der Waals surface area (Å²) in [5.74, 6) is 0.0207. The van der Waals surface area contributed by atoms with E-state index in [1.54, 1.807) is 50.2 Å². The van der Waals surface area contributed by atoms with E-state index in [1.165, 1.54) is 11.3 Å². The molecule has 146 valence electrons. The summed E-state index contributed by atoms with van der Waals surface area (Å²) in [5.41, 5.74) is 1.67. The number of nitrogens with zero attached hydrogens (tertiary/aromatic N) is 1. The maximum absolute atomic E-state index is 12.5. The van der Waals surface area contributed by atoms with Crippen LogP contribution in [0.2, 0.25) is 0 Å². The average molecular weight is 398 g/mol. The lowest BCUT2D eigenvalue weighted by Crippen LogP contribution is -2.11. The molecule has 0 aliphatic carbocycles. The largest absolute Gasteiger partial charge is 0.494 e. The van der Waals surface area contributed by atoms with E-state index < -0.39 is 0 Å². The molecule has 0 unspecified atom stereocenters. The van der Waals surface area contributed by atoms with Gasteiger partial charge in [-0.2, -0.15) is 0 Å². The second kappa shape index (κ2) is 8.84. The summed E-state index contributed by atoms with van der Waals surface area (Å²) in [6.07, 6.45) is 0.714. The molecule has 0 saturated carbocycles. The van der Waals surface area contributed by atoms with Gasteiger partial charge in [0.25, 0.3) is 5.91 Å². The van der Waals surface area contributed by atoms with Crippen LogP contribution >= 0.6 is 11.3 Å². The maximum Gasteiger partial charge on any atom is 0.338 e. The van der Waals surface area contributed by atoms with Gasteiger partial charge in [0.15, 0.2) is 5.13 Å². The number of nitrogens with one attached hydrogen (secondary N) is 1.